The number of nitrogens with one attached hydrogen (secondary N) is 1. The number of thiophene rings is 1. The van der Waals surface area contributed by atoms with E-state index in [9.17, 15) is 5.11 Å². The van der Waals surface area contributed by atoms with Crippen LogP contribution >= 0.6 is 11.3 Å². The molecule has 1 aromatic rings. The highest BCUT2D eigenvalue weighted by atomic mass is 32.1. The predicted molar refractivity (Wildman–Crippen MR) is 52.6 cm³/mol. The van der Waals surface area contributed by atoms with E-state index in [-0.39, 0.29) is 6.10 Å². The molecule has 68 valence electrons. The number of aliphatic hydroxyl groups excluding tert-OH is 1. The number of hydrogen-bond acceptors (Lipinski definition) is 3. The monoisotopic (exact) mass is 185 g/mol. The molecule has 12 heavy (non-hydrogen) atoms. The molecular weight excluding hydrogens is 170 g/mol. The molecule has 2 N–H and O–H groups in total. The molecule has 2 nitrogen and oxygen atoms in total. The highest BCUT2D eigenvalue weighted by molar-refractivity contribution is 7.09. The number of hydrogen-bond donors (Lipinski definition) is 2. The summed E-state index contributed by atoms with van der Waals surface area (Å²) in [7, 11) is 1.86. The first-order valence-electron chi connectivity index (χ1n) is 4.18. The molecule has 0 saturated heterocycles. The van der Waals surface area contributed by atoms with Crippen molar-refractivity contribution in [3.05, 3.63) is 22.4 Å². The third kappa shape index (κ3) is 3.34. The molecule has 3 heteroatoms. The third-order valence-electron chi connectivity index (χ3n) is 1.74. The van der Waals surface area contributed by atoms with E-state index >= 15 is 0 Å². The van der Waals surface area contributed by atoms with Gasteiger partial charge >= 0.3 is 0 Å². The quantitative estimate of drug-likeness (QED) is 0.724. The van der Waals surface area contributed by atoms with Crippen molar-refractivity contribution in [3.8, 4) is 0 Å². The van der Waals surface area contributed by atoms with Gasteiger partial charge in [-0.3, -0.25) is 0 Å². The zero-order valence-corrected chi connectivity index (χ0v) is 8.10. The van der Waals surface area contributed by atoms with Crippen LogP contribution in [0.5, 0.6) is 0 Å². The summed E-state index contributed by atoms with van der Waals surface area (Å²) >= 11 is 1.75. The van der Waals surface area contributed by atoms with Crippen molar-refractivity contribution < 1.29 is 5.11 Å². The second-order valence-electron chi connectivity index (χ2n) is 2.83. The summed E-state index contributed by atoms with van der Waals surface area (Å²) in [6.45, 7) is 0.686. The zero-order chi connectivity index (χ0) is 8.81. The van der Waals surface area contributed by atoms with Crippen molar-refractivity contribution >= 4 is 11.3 Å². The molecular formula is C9H15NOS. The Labute approximate surface area is 77.2 Å². The minimum absolute atomic E-state index is 0.211. The minimum Gasteiger partial charge on any atom is -0.392 e. The lowest BCUT2D eigenvalue weighted by Gasteiger charge is -2.07. The first-order valence-corrected chi connectivity index (χ1v) is 5.06. The van der Waals surface area contributed by atoms with Crippen LogP contribution in [-0.2, 0) is 6.42 Å². The minimum atomic E-state index is -0.211. The fourth-order valence-corrected chi connectivity index (χ4v) is 1.83. The van der Waals surface area contributed by atoms with Gasteiger partial charge in [0.2, 0.25) is 0 Å². The summed E-state index contributed by atoms with van der Waals surface area (Å²) in [5.41, 5.74) is 0. The van der Waals surface area contributed by atoms with E-state index in [1.807, 2.05) is 13.1 Å². The summed E-state index contributed by atoms with van der Waals surface area (Å²) in [6.07, 6.45) is 1.62. The standard InChI is InChI=1S/C9H15NOS/c1-10-7-8(11)4-5-9-3-2-6-12-9/h2-3,6,8,10-11H,4-5,7H2,1H3. The molecule has 1 heterocycles. The predicted octanol–water partition coefficient (Wildman–Crippen LogP) is 1.26. The van der Waals surface area contributed by atoms with Crippen molar-refractivity contribution in [3.63, 3.8) is 0 Å². The summed E-state index contributed by atoms with van der Waals surface area (Å²) < 4.78 is 0. The molecule has 0 aliphatic rings. The van der Waals surface area contributed by atoms with Crippen LogP contribution in [0.2, 0.25) is 0 Å². The number of likely N-dealkylation sites (N-methyl/N-ethyl adjacent to an activating group) is 1. The first-order chi connectivity index (χ1) is 5.83. The summed E-state index contributed by atoms with van der Waals surface area (Å²) in [5, 5.41) is 14.4. The Morgan fingerprint density at radius 2 is 2.50 bits per heavy atom. The lowest BCUT2D eigenvalue weighted by Crippen LogP contribution is -2.23. The van der Waals surface area contributed by atoms with Crippen LogP contribution < -0.4 is 5.32 Å². The van der Waals surface area contributed by atoms with Crippen molar-refractivity contribution in [2.45, 2.75) is 18.9 Å². The van der Waals surface area contributed by atoms with Gasteiger partial charge in [-0.25, -0.2) is 0 Å². The smallest absolute Gasteiger partial charge is 0.0667 e. The Bertz CT molecular complexity index is 198. The molecule has 0 amide bonds. The molecule has 0 saturated carbocycles. The van der Waals surface area contributed by atoms with Crippen LogP contribution in [0.15, 0.2) is 17.5 Å². The third-order valence-corrected chi connectivity index (χ3v) is 2.68. The largest absolute Gasteiger partial charge is 0.392 e. The van der Waals surface area contributed by atoms with Gasteiger partial charge in [-0.05, 0) is 31.3 Å². The van der Waals surface area contributed by atoms with Gasteiger partial charge in [-0.2, -0.15) is 0 Å². The molecule has 0 bridgehead atoms. The SMILES string of the molecule is CNCC(O)CCc1cccs1. The van der Waals surface area contributed by atoms with Crippen LogP contribution in [0.1, 0.15) is 11.3 Å². The van der Waals surface area contributed by atoms with E-state index in [4.69, 9.17) is 0 Å². The molecule has 0 radical (unpaired) electrons. The van der Waals surface area contributed by atoms with Gasteiger partial charge in [0.25, 0.3) is 0 Å². The fraction of sp³-hybridized carbons (Fsp3) is 0.556. The van der Waals surface area contributed by atoms with Gasteiger partial charge in [0.05, 0.1) is 6.10 Å². The van der Waals surface area contributed by atoms with Crippen molar-refractivity contribution in [2.75, 3.05) is 13.6 Å². The first kappa shape index (κ1) is 9.71. The summed E-state index contributed by atoms with van der Waals surface area (Å²) in [5.74, 6) is 0. The molecule has 1 rings (SSSR count). The average molecular weight is 185 g/mol. The fourth-order valence-electron chi connectivity index (χ4n) is 1.10. The molecule has 0 aromatic carbocycles. The van der Waals surface area contributed by atoms with E-state index in [0.29, 0.717) is 6.54 Å². The zero-order valence-electron chi connectivity index (χ0n) is 7.29. The van der Waals surface area contributed by atoms with Crippen molar-refractivity contribution in [1.29, 1.82) is 0 Å². The Morgan fingerprint density at radius 3 is 3.08 bits per heavy atom. The Morgan fingerprint density at radius 1 is 1.67 bits per heavy atom. The van der Waals surface area contributed by atoms with Crippen LogP contribution in [-0.4, -0.2) is 24.8 Å². The normalized spacial score (nSPS) is 13.2. The van der Waals surface area contributed by atoms with E-state index in [2.05, 4.69) is 16.8 Å². The van der Waals surface area contributed by atoms with Crippen LogP contribution in [0, 0.1) is 0 Å². The Kier molecular flexibility index (Phi) is 4.29. The van der Waals surface area contributed by atoms with E-state index in [0.717, 1.165) is 12.8 Å². The number of aliphatic hydroxyl groups is 1. The van der Waals surface area contributed by atoms with E-state index in [1.165, 1.54) is 4.88 Å². The molecule has 0 spiro atoms. The maximum atomic E-state index is 9.39. The van der Waals surface area contributed by atoms with Crippen LogP contribution in [0.25, 0.3) is 0 Å². The molecule has 0 aliphatic heterocycles. The molecule has 0 fully saturated rings. The number of aryl methyl sites for hydroxylation is 1. The van der Waals surface area contributed by atoms with E-state index in [1.54, 1.807) is 11.3 Å². The maximum absolute atomic E-state index is 9.39. The lowest BCUT2D eigenvalue weighted by molar-refractivity contribution is 0.165. The molecule has 0 aliphatic carbocycles. The van der Waals surface area contributed by atoms with Crippen LogP contribution in [0.3, 0.4) is 0 Å². The highest BCUT2D eigenvalue weighted by Gasteiger charge is 2.02. The van der Waals surface area contributed by atoms with E-state index < -0.39 is 0 Å². The van der Waals surface area contributed by atoms with Gasteiger partial charge in [0.15, 0.2) is 0 Å². The van der Waals surface area contributed by atoms with Gasteiger partial charge in [0, 0.05) is 11.4 Å². The molecule has 1 unspecified atom stereocenters. The lowest BCUT2D eigenvalue weighted by atomic mass is 10.2. The van der Waals surface area contributed by atoms with Gasteiger partial charge in [-0.1, -0.05) is 6.07 Å². The Hall–Kier alpha value is -0.380. The van der Waals surface area contributed by atoms with Gasteiger partial charge in [-0.15, -0.1) is 11.3 Å². The summed E-state index contributed by atoms with van der Waals surface area (Å²) in [6, 6.07) is 4.15. The Balaban J connectivity index is 2.17. The molecule has 1 atom stereocenters. The van der Waals surface area contributed by atoms with Gasteiger partial charge in [0.1, 0.15) is 0 Å². The second kappa shape index (κ2) is 5.30. The molecule has 1 aromatic heterocycles. The van der Waals surface area contributed by atoms with Crippen molar-refractivity contribution in [2.24, 2.45) is 0 Å². The topological polar surface area (TPSA) is 32.3 Å². The second-order valence-corrected chi connectivity index (χ2v) is 3.86. The van der Waals surface area contributed by atoms with Crippen molar-refractivity contribution in [1.82, 2.24) is 5.32 Å². The van der Waals surface area contributed by atoms with Gasteiger partial charge < -0.3 is 10.4 Å². The van der Waals surface area contributed by atoms with Crippen LogP contribution in [0.4, 0.5) is 0 Å². The summed E-state index contributed by atoms with van der Waals surface area (Å²) in [4.78, 5) is 1.35. The number of rotatable bonds is 5. The highest BCUT2D eigenvalue weighted by Crippen LogP contribution is 2.11. The maximum Gasteiger partial charge on any atom is 0.0667 e. The average Bonchev–Trinajstić information content (AvgIpc) is 2.53.